The summed E-state index contributed by atoms with van der Waals surface area (Å²) in [4.78, 5) is 13.2. The molecule has 0 saturated carbocycles. The second kappa shape index (κ2) is 6.29. The van der Waals surface area contributed by atoms with Crippen molar-refractivity contribution < 1.29 is 22.0 Å². The van der Waals surface area contributed by atoms with Crippen LogP contribution in [0.25, 0.3) is 0 Å². The first-order valence-corrected chi connectivity index (χ1v) is 8.70. The van der Waals surface area contributed by atoms with E-state index in [9.17, 15) is 22.0 Å². The molecule has 0 radical (unpaired) electrons. The number of para-hydroxylation sites is 1. The van der Waals surface area contributed by atoms with Gasteiger partial charge in [0.2, 0.25) is 15.9 Å². The Morgan fingerprint density at radius 3 is 2.46 bits per heavy atom. The van der Waals surface area contributed by atoms with Gasteiger partial charge in [0, 0.05) is 18.3 Å². The molecular formula is C16H14F2N2O3S. The smallest absolute Gasteiger partial charge is 0.245 e. The van der Waals surface area contributed by atoms with Crippen molar-refractivity contribution in [3.05, 3.63) is 60.2 Å². The van der Waals surface area contributed by atoms with Crippen LogP contribution in [0.2, 0.25) is 0 Å². The maximum atomic E-state index is 13.7. The van der Waals surface area contributed by atoms with Crippen molar-refractivity contribution in [2.75, 3.05) is 11.4 Å². The Bertz CT molecular complexity index is 872. The predicted octanol–water partition coefficient (Wildman–Crippen LogP) is 2.05. The van der Waals surface area contributed by atoms with Gasteiger partial charge in [-0.1, -0.05) is 18.2 Å². The number of carbonyl (C=O) groups excluding carboxylic acids is 1. The summed E-state index contributed by atoms with van der Waals surface area (Å²) in [5, 5.41) is 0. The van der Waals surface area contributed by atoms with Crippen LogP contribution in [0.5, 0.6) is 0 Å². The molecule has 24 heavy (non-hydrogen) atoms. The molecule has 1 saturated heterocycles. The highest BCUT2D eigenvalue weighted by atomic mass is 32.2. The summed E-state index contributed by atoms with van der Waals surface area (Å²) in [6.07, 6.45) is 0.260. The maximum Gasteiger partial charge on any atom is 0.245 e. The van der Waals surface area contributed by atoms with Crippen LogP contribution in [0, 0.1) is 11.6 Å². The third-order valence-corrected chi connectivity index (χ3v) is 5.26. The topological polar surface area (TPSA) is 66.5 Å². The molecule has 1 fully saturated rings. The summed E-state index contributed by atoms with van der Waals surface area (Å²) in [6, 6.07) is 10.0. The van der Waals surface area contributed by atoms with Crippen molar-refractivity contribution in [3.63, 3.8) is 0 Å². The number of hydrogen-bond acceptors (Lipinski definition) is 3. The van der Waals surface area contributed by atoms with E-state index in [0.717, 1.165) is 12.1 Å². The zero-order valence-corrected chi connectivity index (χ0v) is 13.3. The van der Waals surface area contributed by atoms with Crippen molar-refractivity contribution >= 4 is 21.6 Å². The minimum Gasteiger partial charge on any atom is -0.311 e. The average Bonchev–Trinajstić information content (AvgIpc) is 2.88. The monoisotopic (exact) mass is 352 g/mol. The van der Waals surface area contributed by atoms with Crippen LogP contribution in [0.1, 0.15) is 6.42 Å². The van der Waals surface area contributed by atoms with Crippen molar-refractivity contribution in [2.24, 2.45) is 0 Å². The molecule has 8 heteroatoms. The molecule has 1 N–H and O–H groups in total. The number of benzene rings is 2. The van der Waals surface area contributed by atoms with Gasteiger partial charge in [0.25, 0.3) is 0 Å². The van der Waals surface area contributed by atoms with Gasteiger partial charge >= 0.3 is 0 Å². The Morgan fingerprint density at radius 1 is 1.08 bits per heavy atom. The zero-order chi connectivity index (χ0) is 17.3. The largest absolute Gasteiger partial charge is 0.311 e. The highest BCUT2D eigenvalue weighted by Gasteiger charge is 2.36. The summed E-state index contributed by atoms with van der Waals surface area (Å²) in [5.74, 6) is -2.49. The van der Waals surface area contributed by atoms with Gasteiger partial charge in [-0.2, -0.15) is 4.72 Å². The van der Waals surface area contributed by atoms with Crippen LogP contribution in [-0.4, -0.2) is 26.9 Å². The molecule has 0 spiro atoms. The first-order chi connectivity index (χ1) is 11.4. The molecule has 2 aromatic carbocycles. The summed E-state index contributed by atoms with van der Waals surface area (Å²) >= 11 is 0. The van der Waals surface area contributed by atoms with E-state index < -0.39 is 38.5 Å². The van der Waals surface area contributed by atoms with E-state index in [1.165, 1.54) is 4.90 Å². The molecular weight excluding hydrogens is 338 g/mol. The predicted molar refractivity (Wildman–Crippen MR) is 83.9 cm³/mol. The van der Waals surface area contributed by atoms with Crippen LogP contribution < -0.4 is 9.62 Å². The summed E-state index contributed by atoms with van der Waals surface area (Å²) in [6.45, 7) is 0.349. The van der Waals surface area contributed by atoms with Gasteiger partial charge in [0.1, 0.15) is 22.6 Å². The molecule has 0 aliphatic carbocycles. The number of hydrogen-bond donors (Lipinski definition) is 1. The molecule has 126 valence electrons. The lowest BCUT2D eigenvalue weighted by molar-refractivity contribution is -0.118. The van der Waals surface area contributed by atoms with E-state index in [4.69, 9.17) is 0 Å². The van der Waals surface area contributed by atoms with Crippen molar-refractivity contribution in [3.8, 4) is 0 Å². The standard InChI is InChI=1S/C16H14F2N2O3S/c17-11-6-7-15(13(18)10-11)24(22,23)19-14-8-9-20(16(14)21)12-4-2-1-3-5-12/h1-7,10,14,19H,8-9H2. The fraction of sp³-hybridized carbons (Fsp3) is 0.188. The second-order valence-corrected chi connectivity index (χ2v) is 7.05. The molecule has 0 bridgehead atoms. The number of sulfonamides is 1. The molecule has 3 rings (SSSR count). The van der Waals surface area contributed by atoms with E-state index in [0.29, 0.717) is 18.3 Å². The van der Waals surface area contributed by atoms with E-state index in [2.05, 4.69) is 4.72 Å². The first kappa shape index (κ1) is 16.5. The number of rotatable bonds is 4. The zero-order valence-electron chi connectivity index (χ0n) is 12.4. The Hall–Kier alpha value is -2.32. The summed E-state index contributed by atoms with van der Waals surface area (Å²) in [7, 11) is -4.27. The quantitative estimate of drug-likeness (QED) is 0.916. The molecule has 1 amide bonds. The highest BCUT2D eigenvalue weighted by molar-refractivity contribution is 7.89. The van der Waals surface area contributed by atoms with Crippen LogP contribution in [0.4, 0.5) is 14.5 Å². The number of carbonyl (C=O) groups is 1. The van der Waals surface area contributed by atoms with Crippen LogP contribution in [0.3, 0.4) is 0 Å². The average molecular weight is 352 g/mol. The highest BCUT2D eigenvalue weighted by Crippen LogP contribution is 2.23. The minimum atomic E-state index is -4.27. The molecule has 1 aliphatic heterocycles. The summed E-state index contributed by atoms with van der Waals surface area (Å²) in [5.41, 5.74) is 0.664. The fourth-order valence-corrected chi connectivity index (χ4v) is 3.88. The van der Waals surface area contributed by atoms with Gasteiger partial charge in [0.05, 0.1) is 0 Å². The number of anilines is 1. The van der Waals surface area contributed by atoms with Gasteiger partial charge in [-0.05, 0) is 30.7 Å². The molecule has 2 aromatic rings. The third kappa shape index (κ3) is 3.15. The fourth-order valence-electron chi connectivity index (χ4n) is 2.60. The van der Waals surface area contributed by atoms with E-state index in [-0.39, 0.29) is 6.42 Å². The minimum absolute atomic E-state index is 0.260. The third-order valence-electron chi connectivity index (χ3n) is 3.75. The van der Waals surface area contributed by atoms with Gasteiger partial charge in [-0.25, -0.2) is 17.2 Å². The van der Waals surface area contributed by atoms with Crippen LogP contribution in [0.15, 0.2) is 53.4 Å². The normalized spacial score (nSPS) is 18.2. The first-order valence-electron chi connectivity index (χ1n) is 7.22. The van der Waals surface area contributed by atoms with E-state index in [1.807, 2.05) is 6.07 Å². The van der Waals surface area contributed by atoms with Crippen molar-refractivity contribution in [1.29, 1.82) is 0 Å². The van der Waals surface area contributed by atoms with Crippen LogP contribution in [-0.2, 0) is 14.8 Å². The number of nitrogens with one attached hydrogen (secondary N) is 1. The molecule has 1 unspecified atom stereocenters. The lowest BCUT2D eigenvalue weighted by Gasteiger charge is -2.17. The maximum absolute atomic E-state index is 13.7. The lowest BCUT2D eigenvalue weighted by atomic mass is 10.3. The molecule has 0 aromatic heterocycles. The number of nitrogens with zero attached hydrogens (tertiary/aromatic N) is 1. The lowest BCUT2D eigenvalue weighted by Crippen LogP contribution is -2.41. The Morgan fingerprint density at radius 2 is 1.79 bits per heavy atom. The van der Waals surface area contributed by atoms with Gasteiger partial charge in [-0.15, -0.1) is 0 Å². The Kier molecular flexibility index (Phi) is 4.33. The Labute approximate surface area is 138 Å². The summed E-state index contributed by atoms with van der Waals surface area (Å²) < 4.78 is 53.4. The van der Waals surface area contributed by atoms with Crippen molar-refractivity contribution in [1.82, 2.24) is 4.72 Å². The Balaban J connectivity index is 1.80. The molecule has 5 nitrogen and oxygen atoms in total. The SMILES string of the molecule is O=C1C(NS(=O)(=O)c2ccc(F)cc2F)CCN1c1ccccc1. The van der Waals surface area contributed by atoms with Gasteiger partial charge in [0.15, 0.2) is 0 Å². The number of halogens is 2. The van der Waals surface area contributed by atoms with Crippen LogP contribution >= 0.6 is 0 Å². The molecule has 1 heterocycles. The second-order valence-electron chi connectivity index (χ2n) is 5.36. The van der Waals surface area contributed by atoms with Crippen molar-refractivity contribution in [2.45, 2.75) is 17.4 Å². The van der Waals surface area contributed by atoms with Gasteiger partial charge < -0.3 is 4.90 Å². The van der Waals surface area contributed by atoms with Gasteiger partial charge in [-0.3, -0.25) is 4.79 Å². The van der Waals surface area contributed by atoms with E-state index in [1.54, 1.807) is 24.3 Å². The molecule has 1 aliphatic rings. The number of amides is 1. The molecule has 1 atom stereocenters. The van der Waals surface area contributed by atoms with E-state index >= 15 is 0 Å².